The zero-order chi connectivity index (χ0) is 17.6. The Morgan fingerprint density at radius 3 is 2.71 bits per heavy atom. The van der Waals surface area contributed by atoms with Gasteiger partial charge in [-0.05, 0) is 38.0 Å². The second-order valence-corrected chi connectivity index (χ2v) is 6.88. The fourth-order valence-corrected chi connectivity index (χ4v) is 3.04. The number of ether oxygens (including phenoxy) is 1. The van der Waals surface area contributed by atoms with Crippen LogP contribution in [0.4, 0.5) is 0 Å². The summed E-state index contributed by atoms with van der Waals surface area (Å²) in [6, 6.07) is 7.19. The van der Waals surface area contributed by atoms with E-state index in [-0.39, 0.29) is 11.4 Å². The summed E-state index contributed by atoms with van der Waals surface area (Å²) in [5, 5.41) is 6.06. The van der Waals surface area contributed by atoms with Crippen LogP contribution in [0.25, 0.3) is 0 Å². The molecule has 1 aromatic carbocycles. The van der Waals surface area contributed by atoms with Gasteiger partial charge in [-0.25, -0.2) is 4.98 Å². The van der Waals surface area contributed by atoms with Gasteiger partial charge in [-0.2, -0.15) is 0 Å². The average molecular weight is 347 g/mol. The standard InChI is InChI=1S/C18H25N3O2S/c1-4-18(5-2,12-19)21-17(22)14-7-6-8-16(9-14)23-10-15-11-24-13(3)20-15/h6-9,11H,4-5,10,12,19H2,1-3H3,(H,21,22). The van der Waals surface area contributed by atoms with Crippen molar-refractivity contribution in [3.05, 3.63) is 45.9 Å². The molecule has 1 heterocycles. The fraction of sp³-hybridized carbons (Fsp3) is 0.444. The maximum Gasteiger partial charge on any atom is 0.251 e. The molecule has 0 aliphatic rings. The topological polar surface area (TPSA) is 77.2 Å². The number of nitrogens with two attached hydrogens (primary N) is 1. The number of aromatic nitrogens is 1. The lowest BCUT2D eigenvalue weighted by Gasteiger charge is -2.31. The molecule has 24 heavy (non-hydrogen) atoms. The van der Waals surface area contributed by atoms with Crippen molar-refractivity contribution in [3.8, 4) is 5.75 Å². The Bertz CT molecular complexity index is 672. The van der Waals surface area contributed by atoms with Gasteiger partial charge in [-0.1, -0.05) is 19.9 Å². The van der Waals surface area contributed by atoms with Crippen LogP contribution in [0, 0.1) is 6.92 Å². The van der Waals surface area contributed by atoms with Crippen molar-refractivity contribution in [2.24, 2.45) is 5.73 Å². The van der Waals surface area contributed by atoms with Gasteiger partial charge in [-0.15, -0.1) is 11.3 Å². The number of thiazole rings is 1. The first-order valence-corrected chi connectivity index (χ1v) is 9.06. The van der Waals surface area contributed by atoms with Crippen LogP contribution in [0.15, 0.2) is 29.6 Å². The molecule has 1 aromatic heterocycles. The van der Waals surface area contributed by atoms with Crippen LogP contribution in [0.3, 0.4) is 0 Å². The minimum Gasteiger partial charge on any atom is -0.487 e. The van der Waals surface area contributed by atoms with Gasteiger partial charge in [0.05, 0.1) is 16.2 Å². The van der Waals surface area contributed by atoms with Crippen molar-refractivity contribution in [2.45, 2.75) is 45.8 Å². The Hall–Kier alpha value is -1.92. The van der Waals surface area contributed by atoms with Crippen molar-refractivity contribution in [3.63, 3.8) is 0 Å². The highest BCUT2D eigenvalue weighted by Gasteiger charge is 2.26. The smallest absolute Gasteiger partial charge is 0.251 e. The maximum absolute atomic E-state index is 12.5. The molecule has 2 rings (SSSR count). The van der Waals surface area contributed by atoms with E-state index < -0.39 is 0 Å². The zero-order valence-corrected chi connectivity index (χ0v) is 15.3. The number of carbonyl (C=O) groups is 1. The van der Waals surface area contributed by atoms with Crippen LogP contribution >= 0.6 is 11.3 Å². The number of hydrogen-bond donors (Lipinski definition) is 2. The molecular weight excluding hydrogens is 322 g/mol. The predicted molar refractivity (Wildman–Crippen MR) is 97.5 cm³/mol. The van der Waals surface area contributed by atoms with Crippen LogP contribution in [0.5, 0.6) is 5.75 Å². The Kier molecular flexibility index (Phi) is 6.34. The van der Waals surface area contributed by atoms with Crippen LogP contribution in [0.2, 0.25) is 0 Å². The Morgan fingerprint density at radius 2 is 2.12 bits per heavy atom. The number of nitrogens with one attached hydrogen (secondary N) is 1. The second-order valence-electron chi connectivity index (χ2n) is 5.82. The summed E-state index contributed by atoms with van der Waals surface area (Å²) in [5.41, 5.74) is 6.96. The van der Waals surface area contributed by atoms with Gasteiger partial charge < -0.3 is 15.8 Å². The third kappa shape index (κ3) is 4.55. The van der Waals surface area contributed by atoms with Gasteiger partial charge >= 0.3 is 0 Å². The Morgan fingerprint density at radius 1 is 1.38 bits per heavy atom. The zero-order valence-electron chi connectivity index (χ0n) is 14.5. The van der Waals surface area contributed by atoms with E-state index in [1.54, 1.807) is 23.5 Å². The van der Waals surface area contributed by atoms with Gasteiger partial charge in [0.2, 0.25) is 0 Å². The number of aryl methyl sites for hydroxylation is 1. The van der Waals surface area contributed by atoms with Crippen LogP contribution in [-0.2, 0) is 6.61 Å². The summed E-state index contributed by atoms with van der Waals surface area (Å²) in [7, 11) is 0. The third-order valence-corrected chi connectivity index (χ3v) is 5.09. The molecule has 6 heteroatoms. The normalized spacial score (nSPS) is 11.3. The molecule has 0 saturated carbocycles. The largest absolute Gasteiger partial charge is 0.487 e. The number of amides is 1. The molecule has 0 fully saturated rings. The van der Waals surface area contributed by atoms with Crippen molar-refractivity contribution in [1.29, 1.82) is 0 Å². The van der Waals surface area contributed by atoms with Crippen molar-refractivity contribution < 1.29 is 9.53 Å². The van der Waals surface area contributed by atoms with Gasteiger partial charge in [0.15, 0.2) is 0 Å². The summed E-state index contributed by atoms with van der Waals surface area (Å²) in [6.07, 6.45) is 1.59. The van der Waals surface area contributed by atoms with Crippen molar-refractivity contribution in [2.75, 3.05) is 6.54 Å². The molecule has 0 atom stereocenters. The lowest BCUT2D eigenvalue weighted by molar-refractivity contribution is 0.0894. The molecule has 3 N–H and O–H groups in total. The van der Waals surface area contributed by atoms with Gasteiger partial charge in [0.1, 0.15) is 12.4 Å². The predicted octanol–water partition coefficient (Wildman–Crippen LogP) is 3.28. The molecule has 1 amide bonds. The minimum absolute atomic E-state index is 0.126. The highest BCUT2D eigenvalue weighted by Crippen LogP contribution is 2.18. The molecule has 2 aromatic rings. The average Bonchev–Trinajstić information content (AvgIpc) is 3.03. The molecule has 0 spiro atoms. The molecule has 0 aliphatic carbocycles. The van der Waals surface area contributed by atoms with E-state index in [9.17, 15) is 4.79 Å². The van der Waals surface area contributed by atoms with E-state index in [0.717, 1.165) is 23.5 Å². The van der Waals surface area contributed by atoms with Gasteiger partial charge in [-0.3, -0.25) is 4.79 Å². The minimum atomic E-state index is -0.355. The molecular formula is C18H25N3O2S. The maximum atomic E-state index is 12.5. The van der Waals surface area contributed by atoms with Crippen LogP contribution in [0.1, 0.15) is 47.7 Å². The van der Waals surface area contributed by atoms with E-state index in [0.29, 0.717) is 24.5 Å². The van der Waals surface area contributed by atoms with E-state index in [4.69, 9.17) is 10.5 Å². The first-order chi connectivity index (χ1) is 11.5. The third-order valence-electron chi connectivity index (χ3n) is 4.27. The highest BCUT2D eigenvalue weighted by molar-refractivity contribution is 7.09. The number of benzene rings is 1. The van der Waals surface area contributed by atoms with Crippen LogP contribution < -0.4 is 15.8 Å². The summed E-state index contributed by atoms with van der Waals surface area (Å²) in [5.74, 6) is 0.527. The Labute approximate surface area is 147 Å². The molecule has 0 radical (unpaired) electrons. The van der Waals surface area contributed by atoms with Crippen molar-refractivity contribution >= 4 is 17.2 Å². The molecule has 0 unspecified atom stereocenters. The monoisotopic (exact) mass is 347 g/mol. The van der Waals surface area contributed by atoms with E-state index >= 15 is 0 Å². The quantitative estimate of drug-likeness (QED) is 0.768. The molecule has 130 valence electrons. The number of nitrogens with zero attached hydrogens (tertiary/aromatic N) is 1. The SMILES string of the molecule is CCC(CC)(CN)NC(=O)c1cccc(OCc2csc(C)n2)c1. The highest BCUT2D eigenvalue weighted by atomic mass is 32.1. The molecule has 0 aliphatic heterocycles. The number of carbonyl (C=O) groups excluding carboxylic acids is 1. The lowest BCUT2D eigenvalue weighted by atomic mass is 9.92. The molecule has 0 bridgehead atoms. The van der Waals surface area contributed by atoms with Gasteiger partial charge in [0, 0.05) is 17.5 Å². The first-order valence-electron chi connectivity index (χ1n) is 8.18. The van der Waals surface area contributed by atoms with Gasteiger partial charge in [0.25, 0.3) is 5.91 Å². The fourth-order valence-electron chi connectivity index (χ4n) is 2.44. The van der Waals surface area contributed by atoms with E-state index in [1.165, 1.54) is 0 Å². The second kappa shape index (κ2) is 8.26. The lowest BCUT2D eigenvalue weighted by Crippen LogP contribution is -2.52. The van der Waals surface area contributed by atoms with Crippen molar-refractivity contribution in [1.82, 2.24) is 10.3 Å². The summed E-state index contributed by atoms with van der Waals surface area (Å²) < 4.78 is 5.74. The number of rotatable bonds is 8. The number of hydrogen-bond acceptors (Lipinski definition) is 5. The first kappa shape index (κ1) is 18.4. The molecule has 5 nitrogen and oxygen atoms in total. The molecule has 0 saturated heterocycles. The van der Waals surface area contributed by atoms with E-state index in [2.05, 4.69) is 10.3 Å². The van der Waals surface area contributed by atoms with E-state index in [1.807, 2.05) is 38.3 Å². The summed E-state index contributed by atoms with van der Waals surface area (Å²) >= 11 is 1.59. The Balaban J connectivity index is 2.04. The summed E-state index contributed by atoms with van der Waals surface area (Å²) in [4.78, 5) is 16.9. The van der Waals surface area contributed by atoms with Crippen LogP contribution in [-0.4, -0.2) is 23.0 Å². The summed E-state index contributed by atoms with van der Waals surface area (Å²) in [6.45, 7) is 6.85.